The van der Waals surface area contributed by atoms with Crippen LogP contribution in [0.3, 0.4) is 0 Å². The lowest BCUT2D eigenvalue weighted by Gasteiger charge is -2.39. The van der Waals surface area contributed by atoms with Crippen LogP contribution >= 0.6 is 0 Å². The Labute approximate surface area is 194 Å². The summed E-state index contributed by atoms with van der Waals surface area (Å²) in [7, 11) is 4.96. The molecule has 1 saturated heterocycles. The number of primary amides is 1. The normalized spacial score (nSPS) is 21.2. The minimum atomic E-state index is -0.496. The first kappa shape index (κ1) is 28.4. The van der Waals surface area contributed by atoms with E-state index in [0.29, 0.717) is 13.0 Å². The number of hydrogen-bond acceptors (Lipinski definition) is 5. The van der Waals surface area contributed by atoms with Gasteiger partial charge in [-0.05, 0) is 24.7 Å². The molecule has 1 aliphatic heterocycles. The molecule has 0 aromatic rings. The first-order chi connectivity index (χ1) is 15.0. The van der Waals surface area contributed by atoms with E-state index in [4.69, 9.17) is 15.2 Å². The summed E-state index contributed by atoms with van der Waals surface area (Å²) < 4.78 is 11.4. The molecule has 2 N–H and O–H groups in total. The number of nitrogens with zero attached hydrogens (tertiary/aromatic N) is 2. The Morgan fingerprint density at radius 1 is 1.09 bits per heavy atom. The monoisotopic (exact) mass is 455 g/mol. The number of hydrogen-bond donors (Lipinski definition) is 1. The second-order valence-corrected chi connectivity index (χ2v) is 9.65. The molecular formula is C24H45N3O5. The number of carbonyl (C=O) groups is 3. The van der Waals surface area contributed by atoms with Crippen LogP contribution < -0.4 is 5.73 Å². The van der Waals surface area contributed by atoms with Crippen molar-refractivity contribution < 1.29 is 23.9 Å². The third kappa shape index (κ3) is 7.17. The SMILES string of the molecule is CCC(C)C([C@@H](CC(=O)N1CCC[C@H]1[C@H](OC)C(C)C(N)=O)OC)N(C)C(=O)CC(C)C. The average Bonchev–Trinajstić information content (AvgIpc) is 3.22. The minimum absolute atomic E-state index is 0.0453. The van der Waals surface area contributed by atoms with Crippen molar-refractivity contribution in [2.45, 2.75) is 91.0 Å². The second-order valence-electron chi connectivity index (χ2n) is 9.65. The molecule has 1 rings (SSSR count). The van der Waals surface area contributed by atoms with Crippen LogP contribution in [0.25, 0.3) is 0 Å². The van der Waals surface area contributed by atoms with E-state index in [1.54, 1.807) is 26.0 Å². The molecule has 8 heteroatoms. The summed E-state index contributed by atoms with van der Waals surface area (Å²) in [6.45, 7) is 10.6. The molecule has 1 aliphatic rings. The van der Waals surface area contributed by atoms with Crippen LogP contribution in [0.2, 0.25) is 0 Å². The summed E-state index contributed by atoms with van der Waals surface area (Å²) in [5.74, 6) is -0.486. The predicted octanol–water partition coefficient (Wildman–Crippen LogP) is 2.44. The lowest BCUT2D eigenvalue weighted by atomic mass is 9.90. The van der Waals surface area contributed by atoms with Gasteiger partial charge in [0, 0.05) is 34.2 Å². The highest BCUT2D eigenvalue weighted by Gasteiger charge is 2.41. The highest BCUT2D eigenvalue weighted by Crippen LogP contribution is 2.29. The maximum Gasteiger partial charge on any atom is 0.225 e. The number of rotatable bonds is 13. The van der Waals surface area contributed by atoms with E-state index in [-0.39, 0.29) is 42.2 Å². The quantitative estimate of drug-likeness (QED) is 0.460. The maximum atomic E-state index is 13.4. The predicted molar refractivity (Wildman–Crippen MR) is 125 cm³/mol. The molecule has 0 radical (unpaired) electrons. The van der Waals surface area contributed by atoms with Crippen molar-refractivity contribution >= 4 is 17.7 Å². The van der Waals surface area contributed by atoms with Gasteiger partial charge in [0.2, 0.25) is 17.7 Å². The van der Waals surface area contributed by atoms with E-state index < -0.39 is 24.0 Å². The third-order valence-corrected chi connectivity index (χ3v) is 6.92. The lowest BCUT2D eigenvalue weighted by Crippen LogP contribution is -2.53. The second kappa shape index (κ2) is 13.1. The van der Waals surface area contributed by atoms with Crippen LogP contribution in [0.4, 0.5) is 0 Å². The molecule has 8 nitrogen and oxygen atoms in total. The average molecular weight is 456 g/mol. The molecule has 6 atom stereocenters. The Morgan fingerprint density at radius 2 is 1.72 bits per heavy atom. The van der Waals surface area contributed by atoms with Crippen LogP contribution in [0.15, 0.2) is 0 Å². The molecule has 0 aromatic carbocycles. The van der Waals surface area contributed by atoms with E-state index in [9.17, 15) is 14.4 Å². The maximum absolute atomic E-state index is 13.4. The Hall–Kier alpha value is -1.67. The fourth-order valence-corrected chi connectivity index (χ4v) is 4.83. The number of likely N-dealkylation sites (tertiary alicyclic amines) is 1. The van der Waals surface area contributed by atoms with Gasteiger partial charge in [-0.25, -0.2) is 0 Å². The van der Waals surface area contributed by atoms with Crippen LogP contribution in [0.1, 0.15) is 66.7 Å². The highest BCUT2D eigenvalue weighted by atomic mass is 16.5. The number of ether oxygens (including phenoxy) is 2. The summed E-state index contributed by atoms with van der Waals surface area (Å²) in [5, 5.41) is 0. The topological polar surface area (TPSA) is 102 Å². The number of amides is 3. The molecule has 0 aliphatic carbocycles. The van der Waals surface area contributed by atoms with Crippen molar-refractivity contribution in [3.8, 4) is 0 Å². The first-order valence-electron chi connectivity index (χ1n) is 11.9. The molecule has 3 amide bonds. The van der Waals surface area contributed by atoms with Gasteiger partial charge in [-0.15, -0.1) is 0 Å². The molecule has 1 fully saturated rings. The zero-order valence-electron chi connectivity index (χ0n) is 21.3. The smallest absolute Gasteiger partial charge is 0.225 e. The molecule has 3 unspecified atom stereocenters. The zero-order chi connectivity index (χ0) is 24.6. The number of carbonyl (C=O) groups excluding carboxylic acids is 3. The van der Waals surface area contributed by atoms with E-state index in [2.05, 4.69) is 13.8 Å². The lowest BCUT2D eigenvalue weighted by molar-refractivity contribution is -0.145. The van der Waals surface area contributed by atoms with Crippen molar-refractivity contribution in [2.24, 2.45) is 23.5 Å². The van der Waals surface area contributed by atoms with E-state index in [1.165, 1.54) is 0 Å². The molecule has 0 saturated carbocycles. The Morgan fingerprint density at radius 3 is 2.19 bits per heavy atom. The summed E-state index contributed by atoms with van der Waals surface area (Å²) >= 11 is 0. The first-order valence-corrected chi connectivity index (χ1v) is 11.9. The number of nitrogens with two attached hydrogens (primary N) is 1. The third-order valence-electron chi connectivity index (χ3n) is 6.92. The van der Waals surface area contributed by atoms with Gasteiger partial charge in [-0.2, -0.15) is 0 Å². The molecular weight excluding hydrogens is 410 g/mol. The van der Waals surface area contributed by atoms with Gasteiger partial charge in [0.25, 0.3) is 0 Å². The van der Waals surface area contributed by atoms with Crippen LogP contribution in [-0.4, -0.2) is 79.6 Å². The standard InChI is InChI=1S/C24H45N3O5/c1-9-16(4)22(26(6)20(28)13-15(2)3)19(31-7)14-21(29)27-12-10-11-18(27)23(32-8)17(5)24(25)30/h15-19,22-23H,9-14H2,1-8H3,(H2,25,30)/t16?,17?,18-,19+,22?,23+/m0/s1. The fourth-order valence-electron chi connectivity index (χ4n) is 4.83. The van der Waals surface area contributed by atoms with Crippen LogP contribution in [0.5, 0.6) is 0 Å². The van der Waals surface area contributed by atoms with Crippen LogP contribution in [-0.2, 0) is 23.9 Å². The Bertz CT molecular complexity index is 627. The molecule has 0 bridgehead atoms. The van der Waals surface area contributed by atoms with E-state index in [0.717, 1.165) is 19.3 Å². The summed E-state index contributed by atoms with van der Waals surface area (Å²) in [6, 6.07) is -0.404. The largest absolute Gasteiger partial charge is 0.379 e. The minimum Gasteiger partial charge on any atom is -0.379 e. The van der Waals surface area contributed by atoms with Crippen molar-refractivity contribution in [2.75, 3.05) is 27.8 Å². The summed E-state index contributed by atoms with van der Waals surface area (Å²) in [6.07, 6.45) is 2.24. The van der Waals surface area contributed by atoms with Crippen molar-refractivity contribution in [3.05, 3.63) is 0 Å². The van der Waals surface area contributed by atoms with Crippen molar-refractivity contribution in [1.82, 2.24) is 9.80 Å². The van der Waals surface area contributed by atoms with Crippen molar-refractivity contribution in [3.63, 3.8) is 0 Å². The Balaban J connectivity index is 3.06. The number of likely N-dealkylation sites (N-methyl/N-ethyl adjacent to an activating group) is 1. The molecule has 1 heterocycles. The number of methoxy groups -OCH3 is 2. The van der Waals surface area contributed by atoms with Gasteiger partial charge in [0.05, 0.1) is 36.6 Å². The summed E-state index contributed by atoms with van der Waals surface area (Å²) in [5.41, 5.74) is 5.51. The molecule has 0 spiro atoms. The van der Waals surface area contributed by atoms with Crippen LogP contribution in [0, 0.1) is 17.8 Å². The summed E-state index contributed by atoms with van der Waals surface area (Å²) in [4.78, 5) is 41.5. The fraction of sp³-hybridized carbons (Fsp3) is 0.875. The van der Waals surface area contributed by atoms with E-state index in [1.807, 2.05) is 25.8 Å². The van der Waals surface area contributed by atoms with Gasteiger partial charge >= 0.3 is 0 Å². The zero-order valence-corrected chi connectivity index (χ0v) is 21.3. The molecule has 186 valence electrons. The molecule has 0 aromatic heterocycles. The Kier molecular flexibility index (Phi) is 11.6. The van der Waals surface area contributed by atoms with Gasteiger partial charge in [0.1, 0.15) is 0 Å². The van der Waals surface area contributed by atoms with Crippen molar-refractivity contribution in [1.29, 1.82) is 0 Å². The highest BCUT2D eigenvalue weighted by molar-refractivity contribution is 5.79. The molecule has 32 heavy (non-hydrogen) atoms. The van der Waals surface area contributed by atoms with Gasteiger partial charge in [-0.3, -0.25) is 14.4 Å². The van der Waals surface area contributed by atoms with E-state index >= 15 is 0 Å². The van der Waals surface area contributed by atoms with Gasteiger partial charge in [-0.1, -0.05) is 41.0 Å². The van der Waals surface area contributed by atoms with Gasteiger partial charge < -0.3 is 25.0 Å². The van der Waals surface area contributed by atoms with Gasteiger partial charge in [0.15, 0.2) is 0 Å².